The number of benzene rings is 2. The lowest BCUT2D eigenvalue weighted by molar-refractivity contribution is -0.116. The summed E-state index contributed by atoms with van der Waals surface area (Å²) in [5.41, 5.74) is 19.7. The summed E-state index contributed by atoms with van der Waals surface area (Å²) in [5.74, 6) is 0.0241. The van der Waals surface area contributed by atoms with E-state index in [1.807, 2.05) is 24.3 Å². The molecule has 14 heteroatoms. The molecule has 4 rings (SSSR count). The number of rotatable bonds is 8. The second-order valence-electron chi connectivity index (χ2n) is 12.8. The smallest absolute Gasteiger partial charge is 0.421 e. The van der Waals surface area contributed by atoms with Gasteiger partial charge in [-0.2, -0.15) is 0 Å². The molecule has 2 heterocycles. The maximum Gasteiger partial charge on any atom is 0.421 e. The fourth-order valence-electron chi connectivity index (χ4n) is 4.43. The van der Waals surface area contributed by atoms with Crippen molar-refractivity contribution in [3.8, 4) is 22.5 Å². The normalized spacial score (nSPS) is 11.3. The number of ether oxygens (including phenoxy) is 2. The molecule has 2 aromatic carbocycles. The van der Waals surface area contributed by atoms with Gasteiger partial charge in [0.15, 0.2) is 0 Å². The number of nitrogen functional groups attached to an aromatic ring is 3. The Bertz CT molecular complexity index is 1720. The fourth-order valence-corrected chi connectivity index (χ4v) is 4.82. The van der Waals surface area contributed by atoms with Gasteiger partial charge in [-0.3, -0.25) is 4.79 Å². The van der Waals surface area contributed by atoms with Crippen molar-refractivity contribution in [2.24, 2.45) is 0 Å². The molecule has 258 valence electrons. The van der Waals surface area contributed by atoms with E-state index in [0.717, 1.165) is 24.6 Å². The average Bonchev–Trinajstić information content (AvgIpc) is 3.57. The second-order valence-corrected chi connectivity index (χ2v) is 13.6. The Balaban J connectivity index is 0.000000275. The number of amides is 1. The van der Waals surface area contributed by atoms with Crippen LogP contribution in [0.1, 0.15) is 67.2 Å². The minimum atomic E-state index is -0.673. The Hall–Kier alpha value is -4.85. The maximum absolute atomic E-state index is 12.6. The summed E-state index contributed by atoms with van der Waals surface area (Å²) in [5, 5.41) is 3.86. The predicted octanol–water partition coefficient (Wildman–Crippen LogP) is 7.31. The number of aromatic nitrogens is 4. The molecule has 0 saturated heterocycles. The van der Waals surface area contributed by atoms with Crippen LogP contribution in [-0.2, 0) is 14.3 Å². The van der Waals surface area contributed by atoms with Crippen molar-refractivity contribution in [1.82, 2.24) is 19.1 Å². The molecule has 0 fully saturated rings. The van der Waals surface area contributed by atoms with Gasteiger partial charge < -0.3 is 32.0 Å². The van der Waals surface area contributed by atoms with Crippen molar-refractivity contribution in [2.75, 3.05) is 27.8 Å². The number of anilines is 4. The van der Waals surface area contributed by atoms with E-state index >= 15 is 0 Å². The zero-order chi connectivity index (χ0) is 35.6. The van der Waals surface area contributed by atoms with Crippen LogP contribution in [0.3, 0.4) is 0 Å². The summed E-state index contributed by atoms with van der Waals surface area (Å²) in [6.45, 7) is 10.7. The minimum absolute atomic E-state index is 0.0279. The molecular weight excluding hydrogens is 680 g/mol. The summed E-state index contributed by atoms with van der Waals surface area (Å²) >= 11 is 3.39. The van der Waals surface area contributed by atoms with Crippen LogP contribution in [0.25, 0.3) is 22.5 Å². The van der Waals surface area contributed by atoms with Crippen LogP contribution in [0.2, 0.25) is 0 Å². The highest BCUT2D eigenvalue weighted by molar-refractivity contribution is 9.09. The van der Waals surface area contributed by atoms with Gasteiger partial charge in [-0.05, 0) is 66.5 Å². The number of para-hydroxylation sites is 2. The summed E-state index contributed by atoms with van der Waals surface area (Å²) in [4.78, 5) is 45.2. The van der Waals surface area contributed by atoms with Gasteiger partial charge >= 0.3 is 12.2 Å². The van der Waals surface area contributed by atoms with E-state index in [0.29, 0.717) is 40.3 Å². The molecule has 0 aliphatic heterocycles. The van der Waals surface area contributed by atoms with Crippen LogP contribution in [0, 0.1) is 0 Å². The van der Waals surface area contributed by atoms with Crippen molar-refractivity contribution < 1.29 is 23.9 Å². The zero-order valence-electron chi connectivity index (χ0n) is 28.2. The van der Waals surface area contributed by atoms with Gasteiger partial charge in [-0.1, -0.05) is 58.7 Å². The zero-order valence-corrected chi connectivity index (χ0v) is 29.8. The topological polar surface area (TPSA) is 195 Å². The summed E-state index contributed by atoms with van der Waals surface area (Å²) in [6, 6.07) is 14.4. The number of nitrogens with one attached hydrogen (secondary N) is 1. The molecule has 0 spiro atoms. The second kappa shape index (κ2) is 16.3. The maximum atomic E-state index is 12.6. The molecule has 0 aliphatic rings. The number of unbranched alkanes of at least 4 members (excludes halogenated alkanes) is 2. The van der Waals surface area contributed by atoms with Crippen molar-refractivity contribution in [1.29, 1.82) is 0 Å². The molecular formula is C34H45BrN8O5. The first-order valence-electron chi connectivity index (χ1n) is 15.5. The van der Waals surface area contributed by atoms with Crippen LogP contribution in [0.5, 0.6) is 0 Å². The Kier molecular flexibility index (Phi) is 12.8. The Labute approximate surface area is 289 Å². The van der Waals surface area contributed by atoms with Crippen molar-refractivity contribution >= 4 is 57.3 Å². The molecule has 7 N–H and O–H groups in total. The first kappa shape index (κ1) is 37.6. The Morgan fingerprint density at radius 3 is 1.71 bits per heavy atom. The van der Waals surface area contributed by atoms with E-state index in [1.165, 1.54) is 21.5 Å². The minimum Gasteiger partial charge on any atom is -0.443 e. The molecule has 4 aromatic rings. The number of hydrogen-bond donors (Lipinski definition) is 4. The quantitative estimate of drug-likeness (QED) is 0.0813. The lowest BCUT2D eigenvalue weighted by Crippen LogP contribution is -2.28. The third kappa shape index (κ3) is 10.6. The summed E-state index contributed by atoms with van der Waals surface area (Å²) in [6.07, 6.45) is 5.10. The number of halogens is 1. The monoisotopic (exact) mass is 724 g/mol. The SMILES string of the molecule is CC(C)(C)OC(=O)n1c(-c2ccccc2N)cnc1N.CC(C)(C)OC(=O)n1c(-c2ccccc2NC(=O)CCCCCBr)cnc1N. The van der Waals surface area contributed by atoms with E-state index in [4.69, 9.17) is 26.7 Å². The van der Waals surface area contributed by atoms with Crippen LogP contribution in [-0.4, -0.2) is 53.7 Å². The van der Waals surface area contributed by atoms with E-state index in [1.54, 1.807) is 65.8 Å². The standard InChI is InChI=1S/C20H27BrN4O3.C14H18N4O2/c1-20(2,3)28-19(27)25-16(13-23-18(25)22)14-9-6-7-10-15(14)24-17(26)11-5-4-8-12-21;1-14(2,3)20-13(19)18-11(8-17-12(18)16)9-6-4-5-7-10(9)15/h6-7,9-10,13H,4-5,8,11-12H2,1-3H3,(H2,22,23)(H,24,26);4-8H,15H2,1-3H3,(H2,16,17). The lowest BCUT2D eigenvalue weighted by atomic mass is 10.1. The number of carbonyl (C=O) groups excluding carboxylic acids is 3. The molecule has 0 atom stereocenters. The molecule has 0 saturated carbocycles. The van der Waals surface area contributed by atoms with E-state index in [2.05, 4.69) is 31.2 Å². The van der Waals surface area contributed by atoms with Crippen LogP contribution in [0.4, 0.5) is 32.9 Å². The predicted molar refractivity (Wildman–Crippen MR) is 193 cm³/mol. The van der Waals surface area contributed by atoms with Gasteiger partial charge in [-0.15, -0.1) is 0 Å². The molecule has 1 amide bonds. The van der Waals surface area contributed by atoms with Gasteiger partial charge in [0.05, 0.1) is 29.5 Å². The average molecular weight is 726 g/mol. The van der Waals surface area contributed by atoms with Gasteiger partial charge in [-0.25, -0.2) is 28.7 Å². The van der Waals surface area contributed by atoms with Gasteiger partial charge in [0.25, 0.3) is 0 Å². The fraction of sp³-hybridized carbons (Fsp3) is 0.382. The molecule has 0 radical (unpaired) electrons. The number of nitrogens with zero attached hydrogens (tertiary/aromatic N) is 4. The number of hydrogen-bond acceptors (Lipinski definition) is 10. The van der Waals surface area contributed by atoms with Crippen LogP contribution >= 0.6 is 15.9 Å². The highest BCUT2D eigenvalue weighted by Gasteiger charge is 2.25. The third-order valence-corrected chi connectivity index (χ3v) is 7.04. The Morgan fingerprint density at radius 2 is 1.21 bits per heavy atom. The van der Waals surface area contributed by atoms with Crippen molar-refractivity contribution in [3.05, 3.63) is 60.9 Å². The molecule has 0 bridgehead atoms. The number of carbonyl (C=O) groups is 3. The largest absolute Gasteiger partial charge is 0.443 e. The highest BCUT2D eigenvalue weighted by atomic mass is 79.9. The van der Waals surface area contributed by atoms with Gasteiger partial charge in [0, 0.05) is 28.6 Å². The summed E-state index contributed by atoms with van der Waals surface area (Å²) < 4.78 is 13.2. The molecule has 2 aromatic heterocycles. The number of alkyl halides is 1. The highest BCUT2D eigenvalue weighted by Crippen LogP contribution is 2.31. The number of imidazole rings is 2. The molecule has 48 heavy (non-hydrogen) atoms. The van der Waals surface area contributed by atoms with Gasteiger partial charge in [0.2, 0.25) is 17.8 Å². The Morgan fingerprint density at radius 1 is 0.729 bits per heavy atom. The van der Waals surface area contributed by atoms with E-state index in [-0.39, 0.29) is 17.8 Å². The summed E-state index contributed by atoms with van der Waals surface area (Å²) in [7, 11) is 0. The van der Waals surface area contributed by atoms with Crippen molar-refractivity contribution in [2.45, 2.75) is 78.4 Å². The first-order chi connectivity index (χ1) is 22.5. The third-order valence-electron chi connectivity index (χ3n) is 6.48. The lowest BCUT2D eigenvalue weighted by Gasteiger charge is -2.21. The number of nitrogens with two attached hydrogens (primary N) is 3. The molecule has 0 aliphatic carbocycles. The van der Waals surface area contributed by atoms with Crippen LogP contribution < -0.4 is 22.5 Å². The molecule has 0 unspecified atom stereocenters. The molecule has 13 nitrogen and oxygen atoms in total. The van der Waals surface area contributed by atoms with E-state index < -0.39 is 23.4 Å². The first-order valence-corrected chi connectivity index (χ1v) is 16.6. The van der Waals surface area contributed by atoms with Crippen molar-refractivity contribution in [3.63, 3.8) is 0 Å². The van der Waals surface area contributed by atoms with E-state index in [9.17, 15) is 14.4 Å². The van der Waals surface area contributed by atoms with Gasteiger partial charge in [0.1, 0.15) is 11.2 Å². The van der Waals surface area contributed by atoms with Crippen LogP contribution in [0.15, 0.2) is 60.9 Å².